The van der Waals surface area contributed by atoms with Gasteiger partial charge in [0.25, 0.3) is 0 Å². The molecule has 0 unspecified atom stereocenters. The second-order valence-electron chi connectivity index (χ2n) is 4.87. The van der Waals surface area contributed by atoms with Crippen LogP contribution in [-0.2, 0) is 17.8 Å². The van der Waals surface area contributed by atoms with Crippen molar-refractivity contribution in [3.63, 3.8) is 0 Å². The van der Waals surface area contributed by atoms with Crippen LogP contribution in [0.2, 0.25) is 0 Å². The minimum atomic E-state index is -4.90. The maximum Gasteiger partial charge on any atom is 0.433 e. The molecule has 0 aliphatic heterocycles. The first-order chi connectivity index (χ1) is 7.82. The summed E-state index contributed by atoms with van der Waals surface area (Å²) in [5.41, 5.74) is -3.94. The van der Waals surface area contributed by atoms with E-state index in [4.69, 9.17) is 0 Å². The zero-order chi connectivity index (χ0) is 14.4. The smallest absolute Gasteiger partial charge is 0.239 e. The van der Waals surface area contributed by atoms with E-state index in [1.54, 1.807) is 0 Å². The van der Waals surface area contributed by atoms with Crippen molar-refractivity contribution in [1.29, 1.82) is 0 Å². The fourth-order valence-electron chi connectivity index (χ4n) is 1.25. The van der Waals surface area contributed by atoms with Crippen LogP contribution in [0.25, 0.3) is 0 Å². The summed E-state index contributed by atoms with van der Waals surface area (Å²) in [6, 6.07) is 1.30. The van der Waals surface area contributed by atoms with Gasteiger partial charge in [-0.25, -0.2) is 4.98 Å². The summed E-state index contributed by atoms with van der Waals surface area (Å²) in [6.07, 6.45) is -9.80. The minimum Gasteiger partial charge on any atom is -0.239 e. The quantitative estimate of drug-likeness (QED) is 0.637. The number of rotatable bonds is 0. The third-order valence-corrected chi connectivity index (χ3v) is 2.27. The molecular formula is C11H11F6N. The molecule has 0 aliphatic carbocycles. The van der Waals surface area contributed by atoms with Gasteiger partial charge in [0.05, 0.1) is 0 Å². The lowest BCUT2D eigenvalue weighted by Crippen LogP contribution is -2.20. The fourth-order valence-corrected chi connectivity index (χ4v) is 1.25. The van der Waals surface area contributed by atoms with E-state index < -0.39 is 29.2 Å². The Labute approximate surface area is 99.8 Å². The third kappa shape index (κ3) is 3.36. The van der Waals surface area contributed by atoms with Gasteiger partial charge >= 0.3 is 12.4 Å². The monoisotopic (exact) mass is 271 g/mol. The summed E-state index contributed by atoms with van der Waals surface area (Å²) in [5, 5.41) is 0. The first-order valence-corrected chi connectivity index (χ1v) is 4.99. The molecule has 0 spiro atoms. The Balaban J connectivity index is 3.49. The lowest BCUT2D eigenvalue weighted by molar-refractivity contribution is -0.150. The molecule has 0 saturated heterocycles. The zero-order valence-corrected chi connectivity index (χ0v) is 9.87. The van der Waals surface area contributed by atoms with Crippen LogP contribution in [0.1, 0.15) is 37.7 Å². The maximum absolute atomic E-state index is 12.5. The van der Waals surface area contributed by atoms with Crippen molar-refractivity contribution in [3.05, 3.63) is 29.1 Å². The molecule has 0 amide bonds. The number of hydrogen-bond acceptors (Lipinski definition) is 1. The van der Waals surface area contributed by atoms with Crippen LogP contribution in [0.5, 0.6) is 0 Å². The van der Waals surface area contributed by atoms with Gasteiger partial charge in [-0.15, -0.1) is 0 Å². The van der Waals surface area contributed by atoms with Gasteiger partial charge in [0.2, 0.25) is 0 Å². The van der Waals surface area contributed by atoms with Gasteiger partial charge in [0.1, 0.15) is 11.4 Å². The minimum absolute atomic E-state index is 0.0582. The summed E-state index contributed by atoms with van der Waals surface area (Å²) in [4.78, 5) is 2.64. The van der Waals surface area contributed by atoms with E-state index >= 15 is 0 Å². The van der Waals surface area contributed by atoms with E-state index in [0.717, 1.165) is 0 Å². The van der Waals surface area contributed by atoms with Crippen molar-refractivity contribution < 1.29 is 26.3 Å². The molecule has 0 atom stereocenters. The van der Waals surface area contributed by atoms with Crippen molar-refractivity contribution >= 4 is 0 Å². The Hall–Kier alpha value is -1.27. The molecule has 1 nitrogen and oxygen atoms in total. The molecule has 1 heterocycles. The molecule has 0 aliphatic rings. The molecule has 0 radical (unpaired) electrons. The van der Waals surface area contributed by atoms with Gasteiger partial charge < -0.3 is 0 Å². The van der Waals surface area contributed by atoms with Crippen LogP contribution in [0.3, 0.4) is 0 Å². The van der Waals surface area contributed by atoms with Crippen LogP contribution in [0.15, 0.2) is 12.1 Å². The molecule has 1 aromatic heterocycles. The van der Waals surface area contributed by atoms with E-state index in [9.17, 15) is 26.3 Å². The van der Waals surface area contributed by atoms with E-state index in [1.165, 1.54) is 20.8 Å². The normalized spacial score (nSPS) is 13.8. The Morgan fingerprint density at radius 1 is 0.778 bits per heavy atom. The Morgan fingerprint density at radius 3 is 1.33 bits per heavy atom. The molecule has 0 aromatic carbocycles. The van der Waals surface area contributed by atoms with Crippen molar-refractivity contribution in [2.75, 3.05) is 0 Å². The van der Waals surface area contributed by atoms with E-state index in [0.29, 0.717) is 12.1 Å². The molecule has 1 rings (SSSR count). The summed E-state index contributed by atoms with van der Waals surface area (Å²) < 4.78 is 75.0. The second-order valence-corrected chi connectivity index (χ2v) is 4.87. The first-order valence-electron chi connectivity index (χ1n) is 4.99. The standard InChI is InChI=1S/C11H11F6N/c1-9(2,3)6-4-7(10(12,13)14)18-8(5-6)11(15,16)17/h4-5H,1-3H3. The highest BCUT2D eigenvalue weighted by Gasteiger charge is 2.39. The van der Waals surface area contributed by atoms with Gasteiger partial charge in [-0.3, -0.25) is 0 Å². The highest BCUT2D eigenvalue weighted by atomic mass is 19.4. The zero-order valence-electron chi connectivity index (χ0n) is 9.87. The van der Waals surface area contributed by atoms with Gasteiger partial charge in [-0.05, 0) is 23.1 Å². The number of hydrogen-bond donors (Lipinski definition) is 0. The van der Waals surface area contributed by atoms with Gasteiger partial charge in [-0.2, -0.15) is 26.3 Å². The Bertz CT molecular complexity index is 359. The number of aromatic nitrogens is 1. The SMILES string of the molecule is CC(C)(C)c1cc(C(F)(F)F)nc(C(F)(F)F)c1. The predicted molar refractivity (Wildman–Crippen MR) is 52.9 cm³/mol. The molecule has 0 bridgehead atoms. The van der Waals surface area contributed by atoms with E-state index in [-0.39, 0.29) is 5.56 Å². The summed E-state index contributed by atoms with van der Waals surface area (Å²) in [6.45, 7) is 4.59. The van der Waals surface area contributed by atoms with E-state index in [1.807, 2.05) is 0 Å². The average Bonchev–Trinajstić information content (AvgIpc) is 2.13. The average molecular weight is 271 g/mol. The molecule has 1 aromatic rings. The van der Waals surface area contributed by atoms with Crippen LogP contribution in [-0.4, -0.2) is 4.98 Å². The van der Waals surface area contributed by atoms with Crippen molar-refractivity contribution in [2.45, 2.75) is 38.5 Å². The number of alkyl halides is 6. The number of halogens is 6. The Kier molecular flexibility index (Phi) is 3.40. The topological polar surface area (TPSA) is 12.9 Å². The second kappa shape index (κ2) is 4.13. The van der Waals surface area contributed by atoms with Crippen LogP contribution >= 0.6 is 0 Å². The molecule has 7 heteroatoms. The highest BCUT2D eigenvalue weighted by Crippen LogP contribution is 2.36. The number of nitrogens with zero attached hydrogens (tertiary/aromatic N) is 1. The van der Waals surface area contributed by atoms with Crippen molar-refractivity contribution in [1.82, 2.24) is 4.98 Å². The van der Waals surface area contributed by atoms with Gasteiger partial charge in [0.15, 0.2) is 0 Å². The lowest BCUT2D eigenvalue weighted by atomic mass is 9.86. The molecular weight excluding hydrogens is 260 g/mol. The van der Waals surface area contributed by atoms with Crippen LogP contribution < -0.4 is 0 Å². The summed E-state index contributed by atoms with van der Waals surface area (Å²) in [7, 11) is 0. The highest BCUT2D eigenvalue weighted by molar-refractivity contribution is 5.29. The first kappa shape index (κ1) is 14.8. The third-order valence-electron chi connectivity index (χ3n) is 2.27. The van der Waals surface area contributed by atoms with Gasteiger partial charge in [0, 0.05) is 0 Å². The summed E-state index contributed by atoms with van der Waals surface area (Å²) in [5.74, 6) is 0. The largest absolute Gasteiger partial charge is 0.433 e. The van der Waals surface area contributed by atoms with E-state index in [2.05, 4.69) is 4.98 Å². The fraction of sp³-hybridized carbons (Fsp3) is 0.545. The van der Waals surface area contributed by atoms with Crippen LogP contribution in [0, 0.1) is 0 Å². The van der Waals surface area contributed by atoms with Crippen molar-refractivity contribution in [2.24, 2.45) is 0 Å². The molecule has 102 valence electrons. The Morgan fingerprint density at radius 2 is 1.11 bits per heavy atom. The molecule has 0 saturated carbocycles. The summed E-state index contributed by atoms with van der Waals surface area (Å²) >= 11 is 0. The lowest BCUT2D eigenvalue weighted by Gasteiger charge is -2.22. The maximum atomic E-state index is 12.5. The predicted octanol–water partition coefficient (Wildman–Crippen LogP) is 4.42. The van der Waals surface area contributed by atoms with Gasteiger partial charge in [-0.1, -0.05) is 20.8 Å². The number of pyridine rings is 1. The van der Waals surface area contributed by atoms with Crippen LogP contribution in [0.4, 0.5) is 26.3 Å². The van der Waals surface area contributed by atoms with Crippen molar-refractivity contribution in [3.8, 4) is 0 Å². The molecule has 0 N–H and O–H groups in total. The molecule has 18 heavy (non-hydrogen) atoms. The molecule has 0 fully saturated rings.